The molecule has 0 aliphatic carbocycles. The number of carbonyl (C=O) groups is 1. The number of H-pyrrole nitrogens is 1. The number of hydrogen-bond donors (Lipinski definition) is 2. The van der Waals surface area contributed by atoms with Crippen molar-refractivity contribution in [3.63, 3.8) is 0 Å². The predicted octanol–water partition coefficient (Wildman–Crippen LogP) is 2.24. The Kier molecular flexibility index (Phi) is 3.74. The van der Waals surface area contributed by atoms with E-state index in [0.717, 1.165) is 23.9 Å². The van der Waals surface area contributed by atoms with Gasteiger partial charge < -0.3 is 10.3 Å². The summed E-state index contributed by atoms with van der Waals surface area (Å²) in [5.41, 5.74) is 2.12. The first kappa shape index (κ1) is 13.4. The number of aromatic nitrogens is 2. The molecule has 1 heterocycles. The molecule has 2 aromatic rings. The third-order valence-electron chi connectivity index (χ3n) is 3.53. The van der Waals surface area contributed by atoms with Crippen LogP contribution in [0.15, 0.2) is 23.0 Å². The van der Waals surface area contributed by atoms with Crippen molar-refractivity contribution in [1.82, 2.24) is 9.55 Å². The molecule has 1 aromatic carbocycles. The van der Waals surface area contributed by atoms with E-state index >= 15 is 0 Å². The van der Waals surface area contributed by atoms with Crippen LogP contribution in [0.1, 0.15) is 26.7 Å². The minimum Gasteiger partial charge on any atom is -0.326 e. The highest BCUT2D eigenvalue weighted by Crippen LogP contribution is 2.18. The van der Waals surface area contributed by atoms with Crippen LogP contribution in [0.25, 0.3) is 11.0 Å². The van der Waals surface area contributed by atoms with E-state index < -0.39 is 0 Å². The van der Waals surface area contributed by atoms with Crippen molar-refractivity contribution in [3.05, 3.63) is 28.7 Å². The van der Waals surface area contributed by atoms with Crippen molar-refractivity contribution >= 4 is 22.6 Å². The third-order valence-corrected chi connectivity index (χ3v) is 3.53. The lowest BCUT2D eigenvalue weighted by molar-refractivity contribution is -0.120. The van der Waals surface area contributed by atoms with Crippen LogP contribution in [-0.2, 0) is 11.8 Å². The van der Waals surface area contributed by atoms with Gasteiger partial charge in [0.1, 0.15) is 0 Å². The Hall–Kier alpha value is -2.04. The maximum atomic E-state index is 12.0. The average molecular weight is 261 g/mol. The summed E-state index contributed by atoms with van der Waals surface area (Å²) in [5, 5.41) is 2.89. The van der Waals surface area contributed by atoms with Gasteiger partial charge in [0.2, 0.25) is 5.91 Å². The number of hydrogen-bond acceptors (Lipinski definition) is 2. The molecule has 0 atom stereocenters. The quantitative estimate of drug-likeness (QED) is 0.886. The minimum absolute atomic E-state index is 0.0302. The number of anilines is 1. The summed E-state index contributed by atoms with van der Waals surface area (Å²) in [6, 6.07) is 5.43. The number of rotatable bonds is 4. The summed E-state index contributed by atoms with van der Waals surface area (Å²) < 4.78 is 1.54. The van der Waals surface area contributed by atoms with Crippen LogP contribution in [0.5, 0.6) is 0 Å². The summed E-state index contributed by atoms with van der Waals surface area (Å²) in [5.74, 6) is 0.0631. The maximum Gasteiger partial charge on any atom is 0.326 e. The molecule has 0 spiro atoms. The van der Waals surface area contributed by atoms with E-state index in [2.05, 4.69) is 10.3 Å². The highest BCUT2D eigenvalue weighted by Gasteiger charge is 2.14. The molecule has 2 rings (SSSR count). The van der Waals surface area contributed by atoms with Crippen LogP contribution in [0.2, 0.25) is 0 Å². The molecule has 0 saturated heterocycles. The molecular weight excluding hydrogens is 242 g/mol. The standard InChI is InChI=1S/C14H19N3O2/c1-4-9(5-2)13(18)15-10-6-7-12-11(8-10)16-14(19)17(12)3/h6-9H,4-5H2,1-3H3,(H,15,18)(H,16,19). The molecule has 0 fully saturated rings. The Bertz CT molecular complexity index is 650. The van der Waals surface area contributed by atoms with Gasteiger partial charge in [0, 0.05) is 18.7 Å². The molecule has 0 bridgehead atoms. The van der Waals surface area contributed by atoms with E-state index in [1.54, 1.807) is 17.7 Å². The molecule has 2 N–H and O–H groups in total. The first-order valence-electron chi connectivity index (χ1n) is 6.56. The molecule has 1 aromatic heterocycles. The molecule has 5 heteroatoms. The zero-order chi connectivity index (χ0) is 14.0. The number of benzene rings is 1. The average Bonchev–Trinajstić information content (AvgIpc) is 2.66. The molecule has 0 saturated carbocycles. The lowest BCUT2D eigenvalue weighted by atomic mass is 10.0. The van der Waals surface area contributed by atoms with E-state index in [1.807, 2.05) is 26.0 Å². The van der Waals surface area contributed by atoms with Crippen LogP contribution in [0.3, 0.4) is 0 Å². The van der Waals surface area contributed by atoms with Crippen molar-refractivity contribution in [2.45, 2.75) is 26.7 Å². The lowest BCUT2D eigenvalue weighted by Crippen LogP contribution is -2.21. The highest BCUT2D eigenvalue weighted by molar-refractivity contribution is 5.94. The number of nitrogens with one attached hydrogen (secondary N) is 2. The fourth-order valence-corrected chi connectivity index (χ4v) is 2.22. The first-order valence-corrected chi connectivity index (χ1v) is 6.56. The molecule has 0 aliphatic rings. The summed E-state index contributed by atoms with van der Waals surface area (Å²) in [7, 11) is 1.71. The van der Waals surface area contributed by atoms with E-state index in [0.29, 0.717) is 5.69 Å². The summed E-state index contributed by atoms with van der Waals surface area (Å²) in [6.45, 7) is 4.01. The van der Waals surface area contributed by atoms with Crippen LogP contribution < -0.4 is 11.0 Å². The summed E-state index contributed by atoms with van der Waals surface area (Å²) in [6.07, 6.45) is 1.65. The number of carbonyl (C=O) groups excluding carboxylic acids is 1. The topological polar surface area (TPSA) is 66.9 Å². The van der Waals surface area contributed by atoms with Crippen molar-refractivity contribution in [2.75, 3.05) is 5.32 Å². The number of aromatic amines is 1. The Morgan fingerprint density at radius 1 is 1.37 bits per heavy atom. The van der Waals surface area contributed by atoms with Gasteiger partial charge in [-0.1, -0.05) is 13.8 Å². The summed E-state index contributed by atoms with van der Waals surface area (Å²) >= 11 is 0. The molecule has 0 unspecified atom stereocenters. The van der Waals surface area contributed by atoms with Gasteiger partial charge in [-0.3, -0.25) is 9.36 Å². The van der Waals surface area contributed by atoms with Gasteiger partial charge in [-0.05, 0) is 31.0 Å². The Balaban J connectivity index is 2.27. The van der Waals surface area contributed by atoms with Crippen molar-refractivity contribution < 1.29 is 4.79 Å². The molecular formula is C14H19N3O2. The van der Waals surface area contributed by atoms with Crippen LogP contribution in [-0.4, -0.2) is 15.5 Å². The number of amides is 1. The van der Waals surface area contributed by atoms with Gasteiger partial charge in [0.05, 0.1) is 11.0 Å². The van der Waals surface area contributed by atoms with Gasteiger partial charge >= 0.3 is 5.69 Å². The Labute approximate surface area is 111 Å². The molecule has 5 nitrogen and oxygen atoms in total. The van der Waals surface area contributed by atoms with Gasteiger partial charge in [-0.2, -0.15) is 0 Å². The van der Waals surface area contributed by atoms with Crippen LogP contribution in [0, 0.1) is 5.92 Å². The molecule has 19 heavy (non-hydrogen) atoms. The van der Waals surface area contributed by atoms with Gasteiger partial charge in [0.15, 0.2) is 0 Å². The lowest BCUT2D eigenvalue weighted by Gasteiger charge is -2.12. The molecule has 0 radical (unpaired) electrons. The van der Waals surface area contributed by atoms with Crippen molar-refractivity contribution in [2.24, 2.45) is 13.0 Å². The maximum absolute atomic E-state index is 12.0. The summed E-state index contributed by atoms with van der Waals surface area (Å²) in [4.78, 5) is 26.2. The number of aryl methyl sites for hydroxylation is 1. The fourth-order valence-electron chi connectivity index (χ4n) is 2.22. The largest absolute Gasteiger partial charge is 0.326 e. The first-order chi connectivity index (χ1) is 9.06. The fraction of sp³-hybridized carbons (Fsp3) is 0.429. The number of fused-ring (bicyclic) bond motifs is 1. The predicted molar refractivity (Wildman–Crippen MR) is 76.2 cm³/mol. The Morgan fingerprint density at radius 2 is 2.05 bits per heavy atom. The normalized spacial score (nSPS) is 11.2. The molecule has 102 valence electrons. The highest BCUT2D eigenvalue weighted by atomic mass is 16.2. The van der Waals surface area contributed by atoms with E-state index in [4.69, 9.17) is 0 Å². The smallest absolute Gasteiger partial charge is 0.326 e. The van der Waals surface area contributed by atoms with Crippen molar-refractivity contribution in [1.29, 1.82) is 0 Å². The van der Waals surface area contributed by atoms with Crippen LogP contribution in [0.4, 0.5) is 5.69 Å². The zero-order valence-electron chi connectivity index (χ0n) is 11.5. The third kappa shape index (κ3) is 2.54. The van der Waals surface area contributed by atoms with E-state index in [9.17, 15) is 9.59 Å². The molecule has 0 aliphatic heterocycles. The van der Waals surface area contributed by atoms with Crippen molar-refractivity contribution in [3.8, 4) is 0 Å². The second-order valence-corrected chi connectivity index (χ2v) is 4.72. The van der Waals surface area contributed by atoms with Gasteiger partial charge in [0.25, 0.3) is 0 Å². The zero-order valence-corrected chi connectivity index (χ0v) is 11.5. The minimum atomic E-state index is -0.154. The Morgan fingerprint density at radius 3 is 2.68 bits per heavy atom. The number of nitrogens with zero attached hydrogens (tertiary/aromatic N) is 1. The van der Waals surface area contributed by atoms with E-state index in [1.165, 1.54) is 0 Å². The monoisotopic (exact) mass is 261 g/mol. The second-order valence-electron chi connectivity index (χ2n) is 4.72. The second kappa shape index (κ2) is 5.30. The molecule has 1 amide bonds. The SMILES string of the molecule is CCC(CC)C(=O)Nc1ccc2c(c1)[nH]c(=O)n2C. The van der Waals surface area contributed by atoms with E-state index in [-0.39, 0.29) is 17.5 Å². The van der Waals surface area contributed by atoms with Gasteiger partial charge in [-0.25, -0.2) is 4.79 Å². The van der Waals surface area contributed by atoms with Gasteiger partial charge in [-0.15, -0.1) is 0 Å². The number of imidazole rings is 1. The van der Waals surface area contributed by atoms with Crippen LogP contribution >= 0.6 is 0 Å².